The predicted octanol–water partition coefficient (Wildman–Crippen LogP) is 2.61. The minimum atomic E-state index is -0.484. The average Bonchev–Trinajstić information content (AvgIpc) is 2.37. The summed E-state index contributed by atoms with van der Waals surface area (Å²) < 4.78 is 18.3. The summed E-state index contributed by atoms with van der Waals surface area (Å²) in [5.41, 5.74) is 0.249. The minimum absolute atomic E-state index is 0.118. The summed E-state index contributed by atoms with van der Waals surface area (Å²) in [5, 5.41) is 0. The number of amides is 1. The molecule has 0 spiro atoms. The summed E-state index contributed by atoms with van der Waals surface area (Å²) in [4.78, 5) is 24.7. The summed E-state index contributed by atoms with van der Waals surface area (Å²) >= 11 is 3.14. The van der Waals surface area contributed by atoms with Gasteiger partial charge in [-0.05, 0) is 25.1 Å². The monoisotopic (exact) mass is 331 g/mol. The second-order valence-corrected chi connectivity index (χ2v) is 4.78. The highest BCUT2D eigenvalue weighted by atomic mass is 79.9. The molecule has 0 aliphatic rings. The number of halogens is 2. The van der Waals surface area contributed by atoms with E-state index in [1.54, 1.807) is 13.0 Å². The zero-order chi connectivity index (χ0) is 14.4. The van der Waals surface area contributed by atoms with Crippen molar-refractivity contribution in [3.05, 3.63) is 34.1 Å². The van der Waals surface area contributed by atoms with Gasteiger partial charge >= 0.3 is 5.97 Å². The van der Waals surface area contributed by atoms with Crippen LogP contribution in [0, 0.1) is 5.82 Å². The molecule has 4 nitrogen and oxygen atoms in total. The third-order valence-electron chi connectivity index (χ3n) is 2.59. The highest BCUT2D eigenvalue weighted by molar-refractivity contribution is 9.10. The van der Waals surface area contributed by atoms with Crippen LogP contribution in [0.25, 0.3) is 0 Å². The van der Waals surface area contributed by atoms with Crippen LogP contribution in [-0.4, -0.2) is 37.0 Å². The van der Waals surface area contributed by atoms with Gasteiger partial charge in [-0.15, -0.1) is 0 Å². The van der Waals surface area contributed by atoms with E-state index in [4.69, 9.17) is 0 Å². The van der Waals surface area contributed by atoms with Crippen molar-refractivity contribution in [3.63, 3.8) is 0 Å². The summed E-state index contributed by atoms with van der Waals surface area (Å²) in [6, 6.07) is 4.00. The summed E-state index contributed by atoms with van der Waals surface area (Å²) in [6.07, 6.45) is 0.118. The first-order valence-corrected chi connectivity index (χ1v) is 6.59. The van der Waals surface area contributed by atoms with Crippen LogP contribution in [0.2, 0.25) is 0 Å². The molecule has 104 valence electrons. The lowest BCUT2D eigenvalue weighted by molar-refractivity contribution is -0.140. The van der Waals surface area contributed by atoms with E-state index in [2.05, 4.69) is 20.7 Å². The number of benzene rings is 1. The Morgan fingerprint density at radius 1 is 1.37 bits per heavy atom. The van der Waals surface area contributed by atoms with Gasteiger partial charge in [0.1, 0.15) is 5.82 Å². The Kier molecular flexibility index (Phi) is 5.95. The quantitative estimate of drug-likeness (QED) is 0.779. The fourth-order valence-electron chi connectivity index (χ4n) is 1.59. The highest BCUT2D eigenvalue weighted by Crippen LogP contribution is 2.16. The molecule has 0 unspecified atom stereocenters. The van der Waals surface area contributed by atoms with E-state index in [1.165, 1.54) is 24.1 Å². The molecule has 6 heteroatoms. The van der Waals surface area contributed by atoms with Gasteiger partial charge in [-0.25, -0.2) is 4.39 Å². The van der Waals surface area contributed by atoms with Gasteiger partial charge in [0, 0.05) is 23.1 Å². The van der Waals surface area contributed by atoms with Crippen molar-refractivity contribution in [1.29, 1.82) is 0 Å². The molecule has 0 bridgehead atoms. The normalized spacial score (nSPS) is 10.1. The topological polar surface area (TPSA) is 46.6 Å². The van der Waals surface area contributed by atoms with Crippen LogP contribution in [0.15, 0.2) is 22.7 Å². The van der Waals surface area contributed by atoms with Crippen molar-refractivity contribution >= 4 is 27.8 Å². The number of hydrogen-bond acceptors (Lipinski definition) is 3. The molecule has 0 aliphatic heterocycles. The fraction of sp³-hybridized carbons (Fsp3) is 0.385. The van der Waals surface area contributed by atoms with Gasteiger partial charge in [-0.1, -0.05) is 15.9 Å². The number of hydrogen-bond donors (Lipinski definition) is 0. The van der Waals surface area contributed by atoms with E-state index in [0.717, 1.165) is 0 Å². The predicted molar refractivity (Wildman–Crippen MR) is 72.3 cm³/mol. The SMILES string of the molecule is CCN(CCC(=O)OC)C(=O)c1cc(F)cc(Br)c1. The first-order valence-electron chi connectivity index (χ1n) is 5.80. The van der Waals surface area contributed by atoms with E-state index in [0.29, 0.717) is 11.0 Å². The van der Waals surface area contributed by atoms with Crippen molar-refractivity contribution in [2.75, 3.05) is 20.2 Å². The molecule has 1 aromatic carbocycles. The van der Waals surface area contributed by atoms with E-state index >= 15 is 0 Å². The van der Waals surface area contributed by atoms with E-state index < -0.39 is 5.82 Å². The number of carbonyl (C=O) groups excluding carboxylic acids is 2. The van der Waals surface area contributed by atoms with Crippen LogP contribution in [0.1, 0.15) is 23.7 Å². The summed E-state index contributed by atoms with van der Waals surface area (Å²) in [6.45, 7) is 2.48. The molecule has 0 fully saturated rings. The molecule has 0 saturated heterocycles. The molecule has 1 amide bonds. The summed E-state index contributed by atoms with van der Waals surface area (Å²) in [5.74, 6) is -1.18. The third-order valence-corrected chi connectivity index (χ3v) is 3.05. The second-order valence-electron chi connectivity index (χ2n) is 3.87. The maximum Gasteiger partial charge on any atom is 0.307 e. The Labute approximate surface area is 119 Å². The molecule has 19 heavy (non-hydrogen) atoms. The molecular formula is C13H15BrFNO3. The van der Waals surface area contributed by atoms with Gasteiger partial charge in [-0.2, -0.15) is 0 Å². The number of esters is 1. The maximum atomic E-state index is 13.2. The third kappa shape index (κ3) is 4.63. The number of ether oxygens (including phenoxy) is 1. The van der Waals surface area contributed by atoms with Gasteiger partial charge in [0.05, 0.1) is 13.5 Å². The molecule has 0 aromatic heterocycles. The molecule has 0 atom stereocenters. The van der Waals surface area contributed by atoms with E-state index in [-0.39, 0.29) is 30.4 Å². The summed E-state index contributed by atoms with van der Waals surface area (Å²) in [7, 11) is 1.30. The lowest BCUT2D eigenvalue weighted by Crippen LogP contribution is -2.33. The van der Waals surface area contributed by atoms with Crippen molar-refractivity contribution in [3.8, 4) is 0 Å². The molecular weight excluding hydrogens is 317 g/mol. The zero-order valence-corrected chi connectivity index (χ0v) is 12.4. The number of carbonyl (C=O) groups is 2. The highest BCUT2D eigenvalue weighted by Gasteiger charge is 2.16. The van der Waals surface area contributed by atoms with Crippen LogP contribution in [0.3, 0.4) is 0 Å². The molecule has 0 heterocycles. The van der Waals surface area contributed by atoms with Crippen LogP contribution < -0.4 is 0 Å². The Morgan fingerprint density at radius 3 is 2.58 bits per heavy atom. The van der Waals surface area contributed by atoms with Crippen LogP contribution in [-0.2, 0) is 9.53 Å². The van der Waals surface area contributed by atoms with Crippen molar-refractivity contribution < 1.29 is 18.7 Å². The number of methoxy groups -OCH3 is 1. The van der Waals surface area contributed by atoms with Crippen molar-refractivity contribution in [2.45, 2.75) is 13.3 Å². The lowest BCUT2D eigenvalue weighted by atomic mass is 10.2. The Bertz CT molecular complexity index is 459. The molecule has 1 aromatic rings. The number of nitrogens with zero attached hydrogens (tertiary/aromatic N) is 1. The van der Waals surface area contributed by atoms with Crippen molar-refractivity contribution in [1.82, 2.24) is 4.90 Å². The Hall–Kier alpha value is -1.43. The van der Waals surface area contributed by atoms with Crippen molar-refractivity contribution in [2.24, 2.45) is 0 Å². The lowest BCUT2D eigenvalue weighted by Gasteiger charge is -2.20. The first-order chi connectivity index (χ1) is 8.97. The maximum absolute atomic E-state index is 13.2. The van der Waals surface area contributed by atoms with Gasteiger partial charge in [-0.3, -0.25) is 9.59 Å². The smallest absolute Gasteiger partial charge is 0.307 e. The van der Waals surface area contributed by atoms with E-state index in [1.807, 2.05) is 0 Å². The minimum Gasteiger partial charge on any atom is -0.469 e. The Balaban J connectivity index is 2.80. The van der Waals surface area contributed by atoms with Crippen LogP contribution in [0.4, 0.5) is 4.39 Å². The molecule has 0 N–H and O–H groups in total. The van der Waals surface area contributed by atoms with E-state index in [9.17, 15) is 14.0 Å². The molecule has 0 aliphatic carbocycles. The zero-order valence-electron chi connectivity index (χ0n) is 10.8. The number of rotatable bonds is 5. The second kappa shape index (κ2) is 7.23. The van der Waals surface area contributed by atoms with Gasteiger partial charge < -0.3 is 9.64 Å². The van der Waals surface area contributed by atoms with Crippen LogP contribution in [0.5, 0.6) is 0 Å². The van der Waals surface area contributed by atoms with Gasteiger partial charge in [0.2, 0.25) is 0 Å². The standard InChI is InChI=1S/C13H15BrFNO3/c1-3-16(5-4-12(17)19-2)13(18)9-6-10(14)8-11(15)7-9/h6-8H,3-5H2,1-2H3. The average molecular weight is 332 g/mol. The van der Waals surface area contributed by atoms with Gasteiger partial charge in [0.15, 0.2) is 0 Å². The first kappa shape index (κ1) is 15.6. The fourth-order valence-corrected chi connectivity index (χ4v) is 2.06. The molecule has 1 rings (SSSR count). The Morgan fingerprint density at radius 2 is 2.05 bits per heavy atom. The molecule has 0 radical (unpaired) electrons. The molecule has 0 saturated carbocycles. The van der Waals surface area contributed by atoms with Crippen LogP contribution >= 0.6 is 15.9 Å². The van der Waals surface area contributed by atoms with Gasteiger partial charge in [0.25, 0.3) is 5.91 Å². The largest absolute Gasteiger partial charge is 0.469 e.